The number of rotatable bonds is 5. The smallest absolute Gasteiger partial charge is 0.341 e. The van der Waals surface area contributed by atoms with Gasteiger partial charge in [-0.1, -0.05) is 0 Å². The molecule has 28 heavy (non-hydrogen) atoms. The van der Waals surface area contributed by atoms with Crippen LogP contribution in [-0.2, 0) is 0 Å². The molecule has 2 aromatic rings. The van der Waals surface area contributed by atoms with Crippen LogP contribution in [0.5, 0.6) is 0 Å². The molecule has 1 aromatic carbocycles. The van der Waals surface area contributed by atoms with E-state index < -0.39 is 17.2 Å². The van der Waals surface area contributed by atoms with Crippen LogP contribution in [0.25, 0.3) is 10.9 Å². The van der Waals surface area contributed by atoms with Gasteiger partial charge >= 0.3 is 5.97 Å². The summed E-state index contributed by atoms with van der Waals surface area (Å²) < 4.78 is 17.0. The number of carboxylic acid groups (broad SMARTS) is 1. The maximum atomic E-state index is 15.2. The zero-order valence-electron chi connectivity index (χ0n) is 16.0. The first-order chi connectivity index (χ1) is 13.3. The summed E-state index contributed by atoms with van der Waals surface area (Å²) in [7, 11) is 1.91. The summed E-state index contributed by atoms with van der Waals surface area (Å²) in [6.07, 6.45) is 4.11. The molecular formula is C20H25FN4O3. The number of nitrogen functional groups attached to an aromatic ring is 1. The number of anilines is 2. The first-order valence-corrected chi connectivity index (χ1v) is 9.65. The van der Waals surface area contributed by atoms with Crippen LogP contribution in [0.15, 0.2) is 17.1 Å². The third-order valence-corrected chi connectivity index (χ3v) is 6.18. The van der Waals surface area contributed by atoms with Crippen molar-refractivity contribution in [3.63, 3.8) is 0 Å². The van der Waals surface area contributed by atoms with Gasteiger partial charge in [-0.15, -0.1) is 0 Å². The van der Waals surface area contributed by atoms with Crippen LogP contribution in [0.3, 0.4) is 0 Å². The van der Waals surface area contributed by atoms with Gasteiger partial charge in [0.05, 0.1) is 22.3 Å². The number of fused-ring (bicyclic) bond motifs is 1. The Bertz CT molecular complexity index is 1010. The fourth-order valence-corrected chi connectivity index (χ4v) is 4.18. The van der Waals surface area contributed by atoms with E-state index in [0.717, 1.165) is 19.3 Å². The summed E-state index contributed by atoms with van der Waals surface area (Å²) in [5.41, 5.74) is 5.57. The third kappa shape index (κ3) is 2.92. The lowest BCUT2D eigenvalue weighted by atomic mass is 10.0. The van der Waals surface area contributed by atoms with Crippen LogP contribution in [0.4, 0.5) is 15.8 Å². The zero-order valence-corrected chi connectivity index (χ0v) is 16.0. The van der Waals surface area contributed by atoms with Crippen molar-refractivity contribution >= 4 is 28.2 Å². The quantitative estimate of drug-likeness (QED) is 0.679. The predicted molar refractivity (Wildman–Crippen MR) is 107 cm³/mol. The highest BCUT2D eigenvalue weighted by molar-refractivity contribution is 5.99. The Morgan fingerprint density at radius 3 is 2.71 bits per heavy atom. The fraction of sp³-hybridized carbons (Fsp3) is 0.500. The van der Waals surface area contributed by atoms with Crippen molar-refractivity contribution in [3.8, 4) is 0 Å². The summed E-state index contributed by atoms with van der Waals surface area (Å²) >= 11 is 0. The number of benzene rings is 1. The Morgan fingerprint density at radius 2 is 2.11 bits per heavy atom. The molecule has 2 heterocycles. The number of nitrogens with one attached hydrogen (secondary N) is 1. The number of pyridine rings is 1. The molecule has 7 nitrogen and oxygen atoms in total. The minimum absolute atomic E-state index is 0.0348. The van der Waals surface area contributed by atoms with Crippen molar-refractivity contribution in [1.82, 2.24) is 9.88 Å². The number of halogens is 1. The predicted octanol–water partition coefficient (Wildman–Crippen LogP) is 2.19. The number of aromatic nitrogens is 1. The lowest BCUT2D eigenvalue weighted by Crippen LogP contribution is -2.33. The van der Waals surface area contributed by atoms with Crippen LogP contribution in [0, 0.1) is 11.7 Å². The molecule has 4 rings (SSSR count). The molecule has 0 bridgehead atoms. The van der Waals surface area contributed by atoms with Crippen LogP contribution in [0.2, 0.25) is 0 Å². The van der Waals surface area contributed by atoms with Gasteiger partial charge in [-0.2, -0.15) is 0 Å². The molecule has 1 saturated heterocycles. The second kappa shape index (κ2) is 6.77. The molecule has 2 fully saturated rings. The second-order valence-corrected chi connectivity index (χ2v) is 7.91. The number of carbonyl (C=O) groups is 1. The number of hydrogen-bond donors (Lipinski definition) is 3. The summed E-state index contributed by atoms with van der Waals surface area (Å²) in [5, 5.41) is 12.6. The van der Waals surface area contributed by atoms with E-state index in [2.05, 4.69) is 12.2 Å². The van der Waals surface area contributed by atoms with Gasteiger partial charge in [0.1, 0.15) is 5.56 Å². The van der Waals surface area contributed by atoms with E-state index in [-0.39, 0.29) is 22.7 Å². The van der Waals surface area contributed by atoms with Gasteiger partial charge in [0, 0.05) is 31.4 Å². The number of aromatic carboxylic acids is 1. The van der Waals surface area contributed by atoms with Crippen LogP contribution < -0.4 is 21.4 Å². The number of hydrogen-bond acceptors (Lipinski definition) is 5. The maximum Gasteiger partial charge on any atom is 0.341 e. The topological polar surface area (TPSA) is 101 Å². The molecule has 1 saturated carbocycles. The van der Waals surface area contributed by atoms with Gasteiger partial charge in [-0.25, -0.2) is 9.18 Å². The normalized spacial score (nSPS) is 20.7. The van der Waals surface area contributed by atoms with Crippen molar-refractivity contribution < 1.29 is 14.3 Å². The molecule has 0 spiro atoms. The molecule has 0 radical (unpaired) electrons. The highest BCUT2D eigenvalue weighted by atomic mass is 19.1. The average molecular weight is 388 g/mol. The van der Waals surface area contributed by atoms with Gasteiger partial charge in [-0.3, -0.25) is 4.79 Å². The van der Waals surface area contributed by atoms with Crippen molar-refractivity contribution in [1.29, 1.82) is 0 Å². The summed E-state index contributed by atoms with van der Waals surface area (Å²) in [5.74, 6) is -1.58. The zero-order chi connectivity index (χ0) is 20.2. The van der Waals surface area contributed by atoms with Crippen molar-refractivity contribution in [2.45, 2.75) is 38.3 Å². The van der Waals surface area contributed by atoms with E-state index in [0.29, 0.717) is 36.3 Å². The van der Waals surface area contributed by atoms with Gasteiger partial charge < -0.3 is 25.6 Å². The monoisotopic (exact) mass is 388 g/mol. The van der Waals surface area contributed by atoms with E-state index in [9.17, 15) is 14.7 Å². The molecule has 150 valence electrons. The Kier molecular flexibility index (Phi) is 4.53. The number of nitrogens with zero attached hydrogens (tertiary/aromatic N) is 2. The Hall–Kier alpha value is -2.61. The minimum Gasteiger partial charge on any atom is -0.477 e. The van der Waals surface area contributed by atoms with Crippen molar-refractivity contribution in [2.24, 2.45) is 5.92 Å². The molecule has 1 aliphatic carbocycles. The lowest BCUT2D eigenvalue weighted by Gasteiger charge is -2.24. The highest BCUT2D eigenvalue weighted by Crippen LogP contribution is 2.40. The first-order valence-electron chi connectivity index (χ1n) is 9.65. The molecule has 1 aliphatic heterocycles. The number of carboxylic acids is 1. The fourth-order valence-electron chi connectivity index (χ4n) is 4.18. The van der Waals surface area contributed by atoms with Crippen LogP contribution in [0.1, 0.15) is 42.6 Å². The Labute approximate surface area is 161 Å². The second-order valence-electron chi connectivity index (χ2n) is 7.91. The van der Waals surface area contributed by atoms with Crippen LogP contribution >= 0.6 is 0 Å². The largest absolute Gasteiger partial charge is 0.477 e. The Morgan fingerprint density at radius 1 is 1.39 bits per heavy atom. The molecule has 4 N–H and O–H groups in total. The van der Waals surface area contributed by atoms with Crippen LogP contribution in [-0.4, -0.2) is 41.8 Å². The summed E-state index contributed by atoms with van der Waals surface area (Å²) in [6.45, 7) is 3.52. The van der Waals surface area contributed by atoms with E-state index in [1.807, 2.05) is 11.9 Å². The van der Waals surface area contributed by atoms with Crippen molar-refractivity contribution in [2.75, 3.05) is 30.8 Å². The van der Waals surface area contributed by atoms with Gasteiger partial charge in [-0.05, 0) is 45.2 Å². The standard InChI is InChI=1S/C20H25FN4O3/c1-10(23-2)11-5-6-24(8-11)15-7-14-16(18(22)17(15)21)19(26)13(20(27)28)9-25(14)12-3-4-12/h7,9-12,23H,3-6,8,22H2,1-2H3,(H,27,28)/t10-,11+/m1/s1. The van der Waals surface area contributed by atoms with E-state index >= 15 is 4.39 Å². The summed E-state index contributed by atoms with van der Waals surface area (Å²) in [4.78, 5) is 26.2. The van der Waals surface area contributed by atoms with Crippen molar-refractivity contribution in [3.05, 3.63) is 33.9 Å². The highest BCUT2D eigenvalue weighted by Gasteiger charge is 2.32. The SMILES string of the molecule is CN[C@H](C)[C@H]1CCN(c2cc3c(c(N)c2F)c(=O)c(C(=O)O)cn3C2CC2)C1. The molecule has 0 amide bonds. The first kappa shape index (κ1) is 18.7. The molecule has 2 atom stereocenters. The lowest BCUT2D eigenvalue weighted by molar-refractivity contribution is 0.0695. The van der Waals surface area contributed by atoms with Gasteiger partial charge in [0.15, 0.2) is 5.82 Å². The molecule has 8 heteroatoms. The van der Waals surface area contributed by atoms with E-state index in [1.165, 1.54) is 6.20 Å². The third-order valence-electron chi connectivity index (χ3n) is 6.18. The van der Waals surface area contributed by atoms with Gasteiger partial charge in [0.25, 0.3) is 0 Å². The minimum atomic E-state index is -1.33. The molecule has 2 aliphatic rings. The molecule has 1 aromatic heterocycles. The molecule has 0 unspecified atom stereocenters. The molecular weight excluding hydrogens is 363 g/mol. The maximum absolute atomic E-state index is 15.2. The Balaban J connectivity index is 1.88. The van der Waals surface area contributed by atoms with E-state index in [4.69, 9.17) is 5.73 Å². The number of nitrogens with two attached hydrogens (primary N) is 1. The summed E-state index contributed by atoms with van der Waals surface area (Å²) in [6, 6.07) is 2.10. The average Bonchev–Trinajstić information content (AvgIpc) is 3.39. The van der Waals surface area contributed by atoms with Gasteiger partial charge in [0.2, 0.25) is 5.43 Å². The van der Waals surface area contributed by atoms with E-state index in [1.54, 1.807) is 10.6 Å².